The van der Waals surface area contributed by atoms with Crippen molar-refractivity contribution in [2.24, 2.45) is 0 Å². The summed E-state index contributed by atoms with van der Waals surface area (Å²) in [5.41, 5.74) is 2.97. The van der Waals surface area contributed by atoms with Crippen LogP contribution in [0.4, 0.5) is 5.69 Å². The van der Waals surface area contributed by atoms with Gasteiger partial charge in [-0.1, -0.05) is 30.3 Å². The lowest BCUT2D eigenvalue weighted by atomic mass is 10.2. The molecule has 1 amide bonds. The zero-order valence-electron chi connectivity index (χ0n) is 15.9. The summed E-state index contributed by atoms with van der Waals surface area (Å²) in [7, 11) is 1.66. The molecule has 1 aromatic heterocycles. The van der Waals surface area contributed by atoms with E-state index in [9.17, 15) is 4.79 Å². The third-order valence-electron chi connectivity index (χ3n) is 4.78. The Morgan fingerprint density at radius 1 is 1.15 bits per heavy atom. The molecule has 1 aliphatic heterocycles. The van der Waals surface area contributed by atoms with Crippen LogP contribution in [-0.2, 0) is 11.3 Å². The Kier molecular flexibility index (Phi) is 7.19. The Balaban J connectivity index is 1.51. The zero-order valence-corrected chi connectivity index (χ0v) is 15.9. The highest BCUT2D eigenvalue weighted by atomic mass is 16.5. The van der Waals surface area contributed by atoms with Crippen molar-refractivity contribution in [2.75, 3.05) is 51.3 Å². The van der Waals surface area contributed by atoms with Crippen molar-refractivity contribution >= 4 is 11.6 Å². The van der Waals surface area contributed by atoms with Crippen LogP contribution in [0.3, 0.4) is 0 Å². The van der Waals surface area contributed by atoms with Gasteiger partial charge in [-0.15, -0.1) is 0 Å². The first-order valence-corrected chi connectivity index (χ1v) is 9.49. The highest BCUT2D eigenvalue weighted by Crippen LogP contribution is 2.18. The lowest BCUT2D eigenvalue weighted by Crippen LogP contribution is -2.46. The van der Waals surface area contributed by atoms with Crippen LogP contribution < -0.4 is 10.2 Å². The lowest BCUT2D eigenvalue weighted by molar-refractivity contribution is 0.0948. The van der Waals surface area contributed by atoms with E-state index in [0.717, 1.165) is 44.8 Å². The van der Waals surface area contributed by atoms with Crippen LogP contribution in [0.5, 0.6) is 0 Å². The maximum Gasteiger partial charge on any atom is 0.252 e. The minimum Gasteiger partial charge on any atom is -0.385 e. The third-order valence-corrected chi connectivity index (χ3v) is 4.78. The fourth-order valence-corrected chi connectivity index (χ4v) is 3.25. The maximum absolute atomic E-state index is 12.3. The van der Waals surface area contributed by atoms with E-state index >= 15 is 0 Å². The second kappa shape index (κ2) is 10.0. The summed E-state index contributed by atoms with van der Waals surface area (Å²) in [5.74, 6) is -0.0804. The van der Waals surface area contributed by atoms with Gasteiger partial charge in [-0.25, -0.2) is 0 Å². The van der Waals surface area contributed by atoms with E-state index in [-0.39, 0.29) is 5.91 Å². The largest absolute Gasteiger partial charge is 0.385 e. The van der Waals surface area contributed by atoms with Gasteiger partial charge < -0.3 is 15.0 Å². The quantitative estimate of drug-likeness (QED) is 0.724. The van der Waals surface area contributed by atoms with Crippen LogP contribution >= 0.6 is 0 Å². The molecule has 0 unspecified atom stereocenters. The number of piperazine rings is 1. The number of ether oxygens (including phenoxy) is 1. The van der Waals surface area contributed by atoms with E-state index < -0.39 is 0 Å². The van der Waals surface area contributed by atoms with Crippen molar-refractivity contribution in [3.63, 3.8) is 0 Å². The summed E-state index contributed by atoms with van der Waals surface area (Å²) in [4.78, 5) is 21.3. The normalized spacial score (nSPS) is 14.9. The number of aromatic nitrogens is 1. The zero-order chi connectivity index (χ0) is 18.9. The monoisotopic (exact) mass is 368 g/mol. The first-order valence-electron chi connectivity index (χ1n) is 9.49. The molecule has 3 rings (SSSR count). The molecule has 27 heavy (non-hydrogen) atoms. The molecule has 0 radical (unpaired) electrons. The SMILES string of the molecule is COCCCNC(=O)c1cncc(N2CCN(Cc3ccccc3)CC2)c1. The molecule has 2 aromatic rings. The molecule has 1 aliphatic rings. The van der Waals surface area contributed by atoms with Crippen molar-refractivity contribution < 1.29 is 9.53 Å². The molecule has 0 saturated carbocycles. The molecule has 6 nitrogen and oxygen atoms in total. The molecule has 6 heteroatoms. The standard InChI is InChI=1S/C21H28N4O2/c1-27-13-5-8-23-21(26)19-14-20(16-22-15-19)25-11-9-24(10-12-25)17-18-6-3-2-4-7-18/h2-4,6-7,14-16H,5,8-13,17H2,1H3,(H,23,26). The molecule has 1 aromatic carbocycles. The fourth-order valence-electron chi connectivity index (χ4n) is 3.25. The molecule has 1 fully saturated rings. The number of hydrogen-bond donors (Lipinski definition) is 1. The topological polar surface area (TPSA) is 57.7 Å². The molecule has 0 aliphatic carbocycles. The van der Waals surface area contributed by atoms with E-state index in [1.807, 2.05) is 12.3 Å². The predicted molar refractivity (Wildman–Crippen MR) is 107 cm³/mol. The van der Waals surface area contributed by atoms with Gasteiger partial charge in [-0.2, -0.15) is 0 Å². The molecule has 1 N–H and O–H groups in total. The van der Waals surface area contributed by atoms with E-state index in [1.54, 1.807) is 13.3 Å². The van der Waals surface area contributed by atoms with Gasteiger partial charge in [0.25, 0.3) is 5.91 Å². The predicted octanol–water partition coefficient (Wildman–Crippen LogP) is 2.17. The van der Waals surface area contributed by atoms with Gasteiger partial charge in [0.2, 0.25) is 0 Å². The summed E-state index contributed by atoms with van der Waals surface area (Å²) >= 11 is 0. The van der Waals surface area contributed by atoms with Crippen molar-refractivity contribution in [3.05, 3.63) is 59.9 Å². The fraction of sp³-hybridized carbons (Fsp3) is 0.429. The summed E-state index contributed by atoms with van der Waals surface area (Å²) in [6.07, 6.45) is 4.27. The van der Waals surface area contributed by atoms with Crippen molar-refractivity contribution in [2.45, 2.75) is 13.0 Å². The Labute approximate surface area is 161 Å². The number of benzene rings is 1. The summed E-state index contributed by atoms with van der Waals surface area (Å²) < 4.78 is 5.00. The first-order chi connectivity index (χ1) is 13.3. The Hall–Kier alpha value is -2.44. The Bertz CT molecular complexity index is 715. The summed E-state index contributed by atoms with van der Waals surface area (Å²) in [5, 5.41) is 2.91. The molecule has 0 spiro atoms. The van der Waals surface area contributed by atoms with Gasteiger partial charge in [0.15, 0.2) is 0 Å². The first kappa shape index (κ1) is 19.3. The Morgan fingerprint density at radius 3 is 2.67 bits per heavy atom. The van der Waals surface area contributed by atoms with Crippen molar-refractivity contribution in [1.82, 2.24) is 15.2 Å². The minimum absolute atomic E-state index is 0.0804. The molecule has 1 saturated heterocycles. The van der Waals surface area contributed by atoms with Gasteiger partial charge in [0, 0.05) is 59.2 Å². The molecule has 2 heterocycles. The molecule has 0 bridgehead atoms. The van der Waals surface area contributed by atoms with Gasteiger partial charge in [-0.3, -0.25) is 14.7 Å². The molecule has 144 valence electrons. The van der Waals surface area contributed by atoms with E-state index in [1.165, 1.54) is 5.56 Å². The smallest absolute Gasteiger partial charge is 0.252 e. The average molecular weight is 368 g/mol. The van der Waals surface area contributed by atoms with Crippen LogP contribution in [0.25, 0.3) is 0 Å². The number of amides is 1. The number of nitrogens with one attached hydrogen (secondary N) is 1. The number of pyridine rings is 1. The van der Waals surface area contributed by atoms with Crippen LogP contribution in [-0.4, -0.2) is 62.2 Å². The number of carbonyl (C=O) groups excluding carboxylic acids is 1. The van der Waals surface area contributed by atoms with Crippen molar-refractivity contribution in [3.8, 4) is 0 Å². The minimum atomic E-state index is -0.0804. The van der Waals surface area contributed by atoms with Gasteiger partial charge >= 0.3 is 0 Å². The molecular formula is C21H28N4O2. The molecular weight excluding hydrogens is 340 g/mol. The van der Waals surface area contributed by atoms with Crippen LogP contribution in [0.2, 0.25) is 0 Å². The highest BCUT2D eigenvalue weighted by molar-refractivity contribution is 5.94. The second-order valence-electron chi connectivity index (χ2n) is 6.78. The Morgan fingerprint density at radius 2 is 1.93 bits per heavy atom. The number of nitrogens with zero attached hydrogens (tertiary/aromatic N) is 3. The van der Waals surface area contributed by atoms with Gasteiger partial charge in [-0.05, 0) is 18.1 Å². The van der Waals surface area contributed by atoms with E-state index in [4.69, 9.17) is 4.74 Å². The summed E-state index contributed by atoms with van der Waals surface area (Å²) in [6.45, 7) is 6.11. The number of carbonyl (C=O) groups is 1. The van der Waals surface area contributed by atoms with Gasteiger partial charge in [0.05, 0.1) is 17.4 Å². The van der Waals surface area contributed by atoms with Gasteiger partial charge in [0.1, 0.15) is 0 Å². The number of anilines is 1. The van der Waals surface area contributed by atoms with Crippen LogP contribution in [0.1, 0.15) is 22.3 Å². The van der Waals surface area contributed by atoms with Crippen molar-refractivity contribution in [1.29, 1.82) is 0 Å². The third kappa shape index (κ3) is 5.77. The van der Waals surface area contributed by atoms with Crippen LogP contribution in [0, 0.1) is 0 Å². The maximum atomic E-state index is 12.3. The number of methoxy groups -OCH3 is 1. The molecule has 0 atom stereocenters. The second-order valence-corrected chi connectivity index (χ2v) is 6.78. The lowest BCUT2D eigenvalue weighted by Gasteiger charge is -2.36. The van der Waals surface area contributed by atoms with Crippen LogP contribution in [0.15, 0.2) is 48.8 Å². The summed E-state index contributed by atoms with van der Waals surface area (Å²) in [6, 6.07) is 12.5. The van der Waals surface area contributed by atoms with E-state index in [2.05, 4.69) is 50.4 Å². The van der Waals surface area contributed by atoms with E-state index in [0.29, 0.717) is 18.7 Å². The number of rotatable bonds is 8. The highest BCUT2D eigenvalue weighted by Gasteiger charge is 2.18. The average Bonchev–Trinajstić information content (AvgIpc) is 2.72. The number of hydrogen-bond acceptors (Lipinski definition) is 5.